The quantitative estimate of drug-likeness (QED) is 0.664. The molecule has 28 heavy (non-hydrogen) atoms. The summed E-state index contributed by atoms with van der Waals surface area (Å²) in [6.45, 7) is 4.74. The van der Waals surface area contributed by atoms with Crippen LogP contribution in [0.3, 0.4) is 0 Å². The van der Waals surface area contributed by atoms with Crippen molar-refractivity contribution in [3.8, 4) is 0 Å². The lowest BCUT2D eigenvalue weighted by atomic mass is 10.1. The van der Waals surface area contributed by atoms with Crippen molar-refractivity contribution in [1.82, 2.24) is 9.97 Å². The highest BCUT2D eigenvalue weighted by atomic mass is 19.1. The summed E-state index contributed by atoms with van der Waals surface area (Å²) in [5.74, 6) is 1.80. The van der Waals surface area contributed by atoms with E-state index in [-0.39, 0.29) is 11.9 Å². The maximum Gasteiger partial charge on any atom is 0.225 e. The molecular weight excluding hydrogens is 353 g/mol. The Balaban J connectivity index is 1.61. The Bertz CT molecular complexity index is 1060. The molecule has 0 fully saturated rings. The maximum atomic E-state index is 13.1. The molecular formula is C22H22FN5. The van der Waals surface area contributed by atoms with E-state index < -0.39 is 0 Å². The Kier molecular flexibility index (Phi) is 5.02. The van der Waals surface area contributed by atoms with E-state index in [1.165, 1.54) is 17.7 Å². The lowest BCUT2D eigenvalue weighted by Gasteiger charge is -2.11. The van der Waals surface area contributed by atoms with Crippen LogP contribution < -0.4 is 10.6 Å². The van der Waals surface area contributed by atoms with Gasteiger partial charge in [-0.15, -0.1) is 0 Å². The average Bonchev–Trinajstić information content (AvgIpc) is 3.07. The number of aliphatic imine (C=N–C) groups is 1. The van der Waals surface area contributed by atoms with E-state index in [9.17, 15) is 4.39 Å². The van der Waals surface area contributed by atoms with Gasteiger partial charge in [0.1, 0.15) is 17.5 Å². The first-order chi connectivity index (χ1) is 13.6. The highest BCUT2D eigenvalue weighted by molar-refractivity contribution is 6.09. The standard InChI is InChI=1S/C22H22FN5/c1-3-18-14(2)12-20(25-18)27-21-17-6-4-5-7-19(17)26-22(28-21)24-13-15-8-10-16(23)11-9-15/h4-12,18H,3,13H2,1-2H3,(H2,24,25,26,27,28)/t18-/m1/s1. The number of anilines is 2. The van der Waals surface area contributed by atoms with Gasteiger partial charge in [-0.2, -0.15) is 4.98 Å². The molecule has 5 nitrogen and oxygen atoms in total. The van der Waals surface area contributed by atoms with E-state index in [1.54, 1.807) is 12.1 Å². The molecule has 0 amide bonds. The van der Waals surface area contributed by atoms with Crippen LogP contribution in [0.25, 0.3) is 10.9 Å². The molecule has 0 unspecified atom stereocenters. The summed E-state index contributed by atoms with van der Waals surface area (Å²) in [5, 5.41) is 7.52. The molecule has 0 saturated heterocycles. The number of halogens is 1. The van der Waals surface area contributed by atoms with E-state index in [0.29, 0.717) is 18.3 Å². The van der Waals surface area contributed by atoms with Gasteiger partial charge in [0.2, 0.25) is 5.95 Å². The Morgan fingerprint density at radius 1 is 1.04 bits per heavy atom. The van der Waals surface area contributed by atoms with Gasteiger partial charge in [0.15, 0.2) is 0 Å². The summed E-state index contributed by atoms with van der Waals surface area (Å²) in [6, 6.07) is 14.5. The van der Waals surface area contributed by atoms with Crippen molar-refractivity contribution >= 4 is 28.5 Å². The lowest BCUT2D eigenvalue weighted by molar-refractivity contribution is 0.627. The van der Waals surface area contributed by atoms with E-state index in [1.807, 2.05) is 24.3 Å². The van der Waals surface area contributed by atoms with Gasteiger partial charge in [-0.3, -0.25) is 4.99 Å². The van der Waals surface area contributed by atoms with Crippen molar-refractivity contribution < 1.29 is 4.39 Å². The highest BCUT2D eigenvalue weighted by Crippen LogP contribution is 2.24. The van der Waals surface area contributed by atoms with Crippen LogP contribution in [-0.4, -0.2) is 21.8 Å². The number of hydrogen-bond donors (Lipinski definition) is 2. The Morgan fingerprint density at radius 2 is 1.82 bits per heavy atom. The third-order valence-electron chi connectivity index (χ3n) is 4.79. The van der Waals surface area contributed by atoms with Gasteiger partial charge in [0.25, 0.3) is 0 Å². The van der Waals surface area contributed by atoms with E-state index in [0.717, 1.165) is 28.7 Å². The van der Waals surface area contributed by atoms with Crippen LogP contribution >= 0.6 is 0 Å². The molecule has 0 spiro atoms. The Morgan fingerprint density at radius 3 is 2.57 bits per heavy atom. The summed E-state index contributed by atoms with van der Waals surface area (Å²) in [5.41, 5.74) is 3.04. The van der Waals surface area contributed by atoms with E-state index in [4.69, 9.17) is 4.99 Å². The van der Waals surface area contributed by atoms with Gasteiger partial charge in [-0.25, -0.2) is 9.37 Å². The maximum absolute atomic E-state index is 13.1. The van der Waals surface area contributed by atoms with Gasteiger partial charge < -0.3 is 10.6 Å². The zero-order chi connectivity index (χ0) is 19.5. The van der Waals surface area contributed by atoms with Crippen LogP contribution in [0.5, 0.6) is 0 Å². The SMILES string of the molecule is CC[C@H]1N=C(Nc2nc(NCc3ccc(F)cc3)nc3ccccc23)C=C1C. The summed E-state index contributed by atoms with van der Waals surface area (Å²) in [6.07, 6.45) is 3.04. The number of rotatable bonds is 5. The number of aromatic nitrogens is 2. The zero-order valence-corrected chi connectivity index (χ0v) is 15.9. The van der Waals surface area contributed by atoms with Gasteiger partial charge in [-0.1, -0.05) is 31.2 Å². The number of hydrogen-bond acceptors (Lipinski definition) is 5. The van der Waals surface area contributed by atoms with Crippen LogP contribution in [-0.2, 0) is 6.54 Å². The van der Waals surface area contributed by atoms with Crippen molar-refractivity contribution in [3.63, 3.8) is 0 Å². The number of nitrogens with one attached hydrogen (secondary N) is 2. The van der Waals surface area contributed by atoms with Crippen molar-refractivity contribution in [2.24, 2.45) is 4.99 Å². The molecule has 1 aliphatic rings. The molecule has 2 N–H and O–H groups in total. The molecule has 3 aromatic rings. The summed E-state index contributed by atoms with van der Waals surface area (Å²) in [4.78, 5) is 14.0. The van der Waals surface area contributed by atoms with E-state index >= 15 is 0 Å². The second-order valence-electron chi connectivity index (χ2n) is 6.84. The van der Waals surface area contributed by atoms with Crippen LogP contribution in [0.4, 0.5) is 16.2 Å². The summed E-state index contributed by atoms with van der Waals surface area (Å²) in [7, 11) is 0. The van der Waals surface area contributed by atoms with Crippen molar-refractivity contribution in [2.45, 2.75) is 32.9 Å². The zero-order valence-electron chi connectivity index (χ0n) is 15.9. The van der Waals surface area contributed by atoms with Crippen molar-refractivity contribution in [2.75, 3.05) is 10.6 Å². The second kappa shape index (κ2) is 7.76. The summed E-state index contributed by atoms with van der Waals surface area (Å²) >= 11 is 0. The molecule has 0 saturated carbocycles. The molecule has 4 rings (SSSR count). The van der Waals surface area contributed by atoms with Crippen LogP contribution in [0.1, 0.15) is 25.8 Å². The first-order valence-corrected chi connectivity index (χ1v) is 9.40. The minimum Gasteiger partial charge on any atom is -0.350 e. The van der Waals surface area contributed by atoms with Crippen molar-refractivity contribution in [3.05, 3.63) is 71.6 Å². The molecule has 1 aromatic heterocycles. The minimum absolute atomic E-state index is 0.228. The monoisotopic (exact) mass is 375 g/mol. The fourth-order valence-corrected chi connectivity index (χ4v) is 3.26. The van der Waals surface area contributed by atoms with Crippen LogP contribution in [0.15, 0.2) is 65.2 Å². The first-order valence-electron chi connectivity index (χ1n) is 9.40. The molecule has 0 bridgehead atoms. The fourth-order valence-electron chi connectivity index (χ4n) is 3.26. The number of para-hydroxylation sites is 1. The highest BCUT2D eigenvalue weighted by Gasteiger charge is 2.17. The number of benzene rings is 2. The van der Waals surface area contributed by atoms with Gasteiger partial charge in [-0.05, 0) is 54.8 Å². The Labute approximate surface area is 163 Å². The van der Waals surface area contributed by atoms with Crippen LogP contribution in [0, 0.1) is 5.82 Å². The topological polar surface area (TPSA) is 62.2 Å². The third kappa shape index (κ3) is 3.86. The summed E-state index contributed by atoms with van der Waals surface area (Å²) < 4.78 is 13.1. The minimum atomic E-state index is -0.247. The molecule has 2 heterocycles. The smallest absolute Gasteiger partial charge is 0.225 e. The van der Waals surface area contributed by atoms with Gasteiger partial charge >= 0.3 is 0 Å². The van der Waals surface area contributed by atoms with Gasteiger partial charge in [0, 0.05) is 11.9 Å². The van der Waals surface area contributed by atoms with Gasteiger partial charge in [0.05, 0.1) is 11.6 Å². The predicted octanol–water partition coefficient (Wildman–Crippen LogP) is 4.93. The predicted molar refractivity (Wildman–Crippen MR) is 112 cm³/mol. The molecule has 2 aromatic carbocycles. The van der Waals surface area contributed by atoms with E-state index in [2.05, 4.69) is 40.5 Å². The largest absolute Gasteiger partial charge is 0.350 e. The molecule has 6 heteroatoms. The number of nitrogens with zero attached hydrogens (tertiary/aromatic N) is 3. The lowest BCUT2D eigenvalue weighted by Crippen LogP contribution is -2.12. The fraction of sp³-hybridized carbons (Fsp3) is 0.227. The number of fused-ring (bicyclic) bond motifs is 1. The third-order valence-corrected chi connectivity index (χ3v) is 4.79. The Hall–Kier alpha value is -3.28. The molecule has 142 valence electrons. The molecule has 1 aliphatic heterocycles. The first kappa shape index (κ1) is 18.1. The molecule has 0 aliphatic carbocycles. The van der Waals surface area contributed by atoms with Crippen LogP contribution in [0.2, 0.25) is 0 Å². The van der Waals surface area contributed by atoms with Crippen molar-refractivity contribution in [1.29, 1.82) is 0 Å². The molecule has 0 radical (unpaired) electrons. The molecule has 1 atom stereocenters. The average molecular weight is 375 g/mol. The number of amidine groups is 1. The normalized spacial score (nSPS) is 16.0. The second-order valence-corrected chi connectivity index (χ2v) is 6.84.